The molecule has 0 radical (unpaired) electrons. The smallest absolute Gasteiger partial charge is 0.459 e. The minimum Gasteiger partial charge on any atom is -0.480 e. The maximum Gasteiger partial charge on any atom is 0.459 e. The average molecular weight is 614 g/mol. The summed E-state index contributed by atoms with van der Waals surface area (Å²) in [6.07, 6.45) is 6.16. The number of methoxy groups -OCH3 is 1. The van der Waals surface area contributed by atoms with Crippen molar-refractivity contribution in [2.45, 2.75) is 25.4 Å². The molecule has 0 spiro atoms. The van der Waals surface area contributed by atoms with E-state index in [4.69, 9.17) is 19.5 Å². The molecule has 1 aliphatic carbocycles. The Hall–Kier alpha value is -2.74. The lowest BCUT2D eigenvalue weighted by Crippen LogP contribution is -2.33. The highest BCUT2D eigenvalue weighted by atomic mass is 127. The molecule has 186 valence electrons. The van der Waals surface area contributed by atoms with Crippen molar-refractivity contribution in [2.24, 2.45) is 5.92 Å². The van der Waals surface area contributed by atoms with E-state index in [1.807, 2.05) is 16.7 Å². The molecule has 2 aromatic heterocycles. The van der Waals surface area contributed by atoms with E-state index in [0.29, 0.717) is 29.2 Å². The fourth-order valence-electron chi connectivity index (χ4n) is 3.58. The number of imidazole rings is 1. The molecule has 35 heavy (non-hydrogen) atoms. The Bertz CT molecular complexity index is 1300. The predicted molar refractivity (Wildman–Crippen MR) is 136 cm³/mol. The summed E-state index contributed by atoms with van der Waals surface area (Å²) in [5.41, 5.74) is 6.84. The number of rotatable bonds is 10. The number of nitrogens with one attached hydrogen (secondary N) is 1. The van der Waals surface area contributed by atoms with Crippen LogP contribution in [-0.2, 0) is 13.9 Å². The van der Waals surface area contributed by atoms with Crippen molar-refractivity contribution < 1.29 is 28.3 Å². The van der Waals surface area contributed by atoms with Crippen LogP contribution < -0.4 is 20.1 Å². The van der Waals surface area contributed by atoms with E-state index in [1.54, 1.807) is 30.6 Å². The van der Waals surface area contributed by atoms with Gasteiger partial charge in [-0.2, -0.15) is 15.1 Å². The number of hydrogen-bond donors (Lipinski definition) is 3. The van der Waals surface area contributed by atoms with Gasteiger partial charge >= 0.3 is 13.7 Å². The summed E-state index contributed by atoms with van der Waals surface area (Å²) < 4.78 is 32.8. The number of benzene rings is 1. The van der Waals surface area contributed by atoms with Gasteiger partial charge in [-0.05, 0) is 60.2 Å². The Kier molecular flexibility index (Phi) is 7.59. The van der Waals surface area contributed by atoms with Crippen molar-refractivity contribution >= 4 is 53.4 Å². The van der Waals surface area contributed by atoms with Gasteiger partial charge in [-0.15, -0.1) is 0 Å². The number of ether oxygens (including phenoxy) is 1. The molecule has 1 aromatic carbocycles. The second-order valence-corrected chi connectivity index (χ2v) is 10.8. The maximum atomic E-state index is 13.4. The van der Waals surface area contributed by atoms with Crippen LogP contribution in [0, 0.1) is 9.49 Å². The predicted octanol–water partition coefficient (Wildman–Crippen LogP) is 3.41. The van der Waals surface area contributed by atoms with E-state index in [-0.39, 0.29) is 24.5 Å². The molecule has 2 heterocycles. The van der Waals surface area contributed by atoms with Crippen LogP contribution in [0.1, 0.15) is 19.4 Å². The highest BCUT2D eigenvalue weighted by molar-refractivity contribution is 14.1. The monoisotopic (exact) mass is 614 g/mol. The first kappa shape index (κ1) is 25.4. The third-order valence-corrected chi connectivity index (χ3v) is 7.69. The number of nitrogens with zero attached hydrogens (tertiary/aromatic N) is 4. The topological polar surface area (TPSA) is 164 Å². The Labute approximate surface area is 214 Å². The van der Waals surface area contributed by atoms with Crippen molar-refractivity contribution in [2.75, 3.05) is 19.5 Å². The number of carbonyl (C=O) groups is 1. The summed E-state index contributed by atoms with van der Waals surface area (Å²) in [5.74, 6) is -0.626. The molecule has 0 bridgehead atoms. The van der Waals surface area contributed by atoms with Gasteiger partial charge in [0, 0.05) is 9.49 Å². The maximum absolute atomic E-state index is 13.4. The molecule has 0 saturated carbocycles. The number of aromatic nitrogens is 4. The van der Waals surface area contributed by atoms with Gasteiger partial charge in [0.15, 0.2) is 11.2 Å². The molecule has 3 aromatic rings. The normalized spacial score (nSPS) is 20.0. The van der Waals surface area contributed by atoms with Gasteiger partial charge in [0.05, 0.1) is 26.1 Å². The number of aliphatic carboxylic acids is 1. The molecule has 0 saturated heterocycles. The summed E-state index contributed by atoms with van der Waals surface area (Å²) >= 11 is 2.14. The van der Waals surface area contributed by atoms with Gasteiger partial charge in [-0.3, -0.25) is 9.32 Å². The van der Waals surface area contributed by atoms with Crippen LogP contribution >= 0.6 is 30.3 Å². The molecule has 2 unspecified atom stereocenters. The highest BCUT2D eigenvalue weighted by Gasteiger charge is 2.33. The van der Waals surface area contributed by atoms with Gasteiger partial charge < -0.3 is 24.7 Å². The molecule has 0 fully saturated rings. The van der Waals surface area contributed by atoms with E-state index in [2.05, 4.69) is 42.6 Å². The second-order valence-electron chi connectivity index (χ2n) is 7.89. The number of allylic oxidation sites excluding steroid dienone is 1. The van der Waals surface area contributed by atoms with Crippen molar-refractivity contribution in [1.29, 1.82) is 0 Å². The van der Waals surface area contributed by atoms with Gasteiger partial charge in [-0.25, -0.2) is 9.55 Å². The van der Waals surface area contributed by atoms with Crippen molar-refractivity contribution in [3.8, 4) is 11.6 Å². The van der Waals surface area contributed by atoms with Crippen LogP contribution in [0.15, 0.2) is 42.7 Å². The van der Waals surface area contributed by atoms with Gasteiger partial charge in [0.25, 0.3) is 0 Å². The summed E-state index contributed by atoms with van der Waals surface area (Å²) in [6.45, 7) is 1.41. The van der Waals surface area contributed by atoms with Crippen molar-refractivity contribution in [1.82, 2.24) is 24.6 Å². The lowest BCUT2D eigenvalue weighted by molar-refractivity contribution is -0.138. The summed E-state index contributed by atoms with van der Waals surface area (Å²) in [5, 5.41) is 11.8. The van der Waals surface area contributed by atoms with Crippen LogP contribution in [0.25, 0.3) is 11.2 Å². The zero-order valence-electron chi connectivity index (χ0n) is 18.9. The zero-order chi connectivity index (χ0) is 25.2. The minimum absolute atomic E-state index is 0.0427. The van der Waals surface area contributed by atoms with Crippen LogP contribution in [0.5, 0.6) is 11.6 Å². The molecule has 4 rings (SSSR count). The molecular formula is C21H24IN6O6P. The van der Waals surface area contributed by atoms with Crippen LogP contribution in [0.2, 0.25) is 0 Å². The number of nitrogens with two attached hydrogens (primary N) is 1. The quantitative estimate of drug-likeness (QED) is 0.174. The number of halogens is 1. The zero-order valence-corrected chi connectivity index (χ0v) is 21.9. The molecular weight excluding hydrogens is 590 g/mol. The average Bonchev–Trinajstić information content (AvgIpc) is 3.45. The first-order chi connectivity index (χ1) is 16.7. The van der Waals surface area contributed by atoms with E-state index < -0.39 is 19.8 Å². The number of fused-ring (bicyclic) bond motifs is 1. The lowest BCUT2D eigenvalue weighted by Gasteiger charge is -2.23. The molecule has 0 aliphatic heterocycles. The standard InChI is InChI=1S/C21H24IN6O6P/c1-12(20(29)30)27-35(31,34-16-7-4-14(22)5-8-16)33-10-13-3-6-15(9-13)28-11-24-17-18(28)25-21(23)26-19(17)32-2/h3-8,11-13,15H,9-10H2,1-2H3,(H,27,31)(H,29,30)(H2,23,25,26)/t12?,13-,15+,35?/m1/s1. The summed E-state index contributed by atoms with van der Waals surface area (Å²) in [6, 6.07) is 5.60. The Balaban J connectivity index is 1.46. The van der Waals surface area contributed by atoms with Gasteiger partial charge in [-0.1, -0.05) is 12.2 Å². The summed E-state index contributed by atoms with van der Waals surface area (Å²) in [7, 11) is -2.51. The van der Waals surface area contributed by atoms with Crippen LogP contribution in [-0.4, -0.2) is 50.4 Å². The van der Waals surface area contributed by atoms with Crippen molar-refractivity contribution in [3.05, 3.63) is 46.3 Å². The van der Waals surface area contributed by atoms with E-state index in [9.17, 15) is 14.5 Å². The van der Waals surface area contributed by atoms with Gasteiger partial charge in [0.2, 0.25) is 11.8 Å². The number of carboxylic acid groups (broad SMARTS) is 1. The lowest BCUT2D eigenvalue weighted by atomic mass is 10.1. The summed E-state index contributed by atoms with van der Waals surface area (Å²) in [4.78, 5) is 24.0. The van der Waals surface area contributed by atoms with E-state index >= 15 is 0 Å². The number of nitrogen functional groups attached to an aromatic ring is 1. The fraction of sp³-hybridized carbons (Fsp3) is 0.333. The number of carboxylic acids is 1. The third kappa shape index (κ3) is 5.92. The Morgan fingerprint density at radius 1 is 1.34 bits per heavy atom. The molecule has 1 aliphatic rings. The SMILES string of the molecule is COc1nc(N)nc2c1ncn2[C@H]1C=C[C@@H](COP(=O)(NC(C)C(=O)O)Oc2ccc(I)cc2)C1. The van der Waals surface area contributed by atoms with E-state index in [0.717, 1.165) is 3.57 Å². The second kappa shape index (κ2) is 10.5. The molecule has 4 atom stereocenters. The molecule has 12 nitrogen and oxygen atoms in total. The largest absolute Gasteiger partial charge is 0.480 e. The van der Waals surface area contributed by atoms with Crippen molar-refractivity contribution in [3.63, 3.8) is 0 Å². The highest BCUT2D eigenvalue weighted by Crippen LogP contribution is 2.46. The van der Waals surface area contributed by atoms with Crippen LogP contribution in [0.4, 0.5) is 5.95 Å². The van der Waals surface area contributed by atoms with E-state index in [1.165, 1.54) is 14.0 Å². The fourth-order valence-corrected chi connectivity index (χ4v) is 5.50. The number of hydrogen-bond acceptors (Lipinski definition) is 9. The Morgan fingerprint density at radius 3 is 2.77 bits per heavy atom. The molecule has 14 heteroatoms. The molecule has 4 N–H and O–H groups in total. The number of anilines is 1. The first-order valence-electron chi connectivity index (χ1n) is 10.6. The third-order valence-electron chi connectivity index (χ3n) is 5.33. The molecule has 0 amide bonds. The van der Waals surface area contributed by atoms with Gasteiger partial charge in [0.1, 0.15) is 11.8 Å². The van der Waals surface area contributed by atoms with Crippen LogP contribution in [0.3, 0.4) is 0 Å². The first-order valence-corrected chi connectivity index (χ1v) is 13.2. The minimum atomic E-state index is -4.00. The Morgan fingerprint density at radius 2 is 2.09 bits per heavy atom.